The molecule has 4 nitrogen and oxygen atoms in total. The standard InChI is InChI=1S/C22H27ClN2O2S/c1-17-2-4-18(5-3-17)15-28-16-22(26)24-14-21(25-10-12-27-13-11-25)19-6-8-20(23)9-7-19/h2-9,21H,10-16H2,1H3,(H,24,26). The zero-order valence-electron chi connectivity index (χ0n) is 16.2. The number of morpholine rings is 1. The Morgan fingerprint density at radius 3 is 2.50 bits per heavy atom. The Morgan fingerprint density at radius 1 is 1.14 bits per heavy atom. The maximum absolute atomic E-state index is 12.4. The van der Waals surface area contributed by atoms with Crippen molar-refractivity contribution >= 4 is 29.3 Å². The maximum Gasteiger partial charge on any atom is 0.230 e. The quantitative estimate of drug-likeness (QED) is 0.701. The summed E-state index contributed by atoms with van der Waals surface area (Å²) < 4.78 is 5.48. The highest BCUT2D eigenvalue weighted by molar-refractivity contribution is 7.99. The van der Waals surface area contributed by atoms with Crippen LogP contribution in [0.15, 0.2) is 48.5 Å². The molecular weight excluding hydrogens is 392 g/mol. The fourth-order valence-electron chi connectivity index (χ4n) is 3.24. The normalized spacial score (nSPS) is 15.9. The third-order valence-corrected chi connectivity index (χ3v) is 6.11. The van der Waals surface area contributed by atoms with Gasteiger partial charge in [0.15, 0.2) is 0 Å². The number of thioether (sulfide) groups is 1. The van der Waals surface area contributed by atoms with Crippen LogP contribution in [0.5, 0.6) is 0 Å². The zero-order valence-corrected chi connectivity index (χ0v) is 17.8. The minimum absolute atomic E-state index is 0.0735. The van der Waals surface area contributed by atoms with Crippen LogP contribution >= 0.6 is 23.4 Å². The summed E-state index contributed by atoms with van der Waals surface area (Å²) >= 11 is 7.68. The first-order valence-electron chi connectivity index (χ1n) is 9.59. The van der Waals surface area contributed by atoms with Gasteiger partial charge in [0.05, 0.1) is 25.0 Å². The molecule has 6 heteroatoms. The molecule has 1 aliphatic rings. The van der Waals surface area contributed by atoms with Gasteiger partial charge in [-0.25, -0.2) is 0 Å². The zero-order chi connectivity index (χ0) is 19.8. The molecule has 1 heterocycles. The first kappa shape index (κ1) is 21.2. The summed E-state index contributed by atoms with van der Waals surface area (Å²) in [6.07, 6.45) is 0. The van der Waals surface area contributed by atoms with Crippen LogP contribution in [0.4, 0.5) is 0 Å². The van der Waals surface area contributed by atoms with Gasteiger partial charge in [-0.05, 0) is 30.2 Å². The van der Waals surface area contributed by atoms with E-state index in [-0.39, 0.29) is 11.9 Å². The Bertz CT molecular complexity index is 746. The minimum Gasteiger partial charge on any atom is -0.379 e. The van der Waals surface area contributed by atoms with Gasteiger partial charge in [-0.2, -0.15) is 0 Å². The highest BCUT2D eigenvalue weighted by atomic mass is 35.5. The molecule has 1 saturated heterocycles. The van der Waals surface area contributed by atoms with Gasteiger partial charge in [-0.15, -0.1) is 11.8 Å². The highest BCUT2D eigenvalue weighted by Crippen LogP contribution is 2.23. The van der Waals surface area contributed by atoms with E-state index in [1.807, 2.05) is 24.3 Å². The van der Waals surface area contributed by atoms with Crippen molar-refractivity contribution in [2.45, 2.75) is 18.7 Å². The van der Waals surface area contributed by atoms with E-state index in [4.69, 9.17) is 16.3 Å². The summed E-state index contributed by atoms with van der Waals surface area (Å²) in [5, 5.41) is 3.84. The Balaban J connectivity index is 1.51. The fraction of sp³-hybridized carbons (Fsp3) is 0.409. The van der Waals surface area contributed by atoms with Gasteiger partial charge in [-0.3, -0.25) is 9.69 Å². The number of rotatable bonds is 8. The van der Waals surface area contributed by atoms with Crippen LogP contribution in [0.3, 0.4) is 0 Å². The van der Waals surface area contributed by atoms with Gasteiger partial charge in [0.2, 0.25) is 5.91 Å². The predicted molar refractivity (Wildman–Crippen MR) is 117 cm³/mol. The molecule has 0 spiro atoms. The second-order valence-electron chi connectivity index (χ2n) is 7.00. The second-order valence-corrected chi connectivity index (χ2v) is 8.42. The lowest BCUT2D eigenvalue weighted by molar-refractivity contribution is -0.118. The number of nitrogens with zero attached hydrogens (tertiary/aromatic N) is 1. The number of halogens is 1. The number of nitrogens with one attached hydrogen (secondary N) is 1. The van der Waals surface area contributed by atoms with Gasteiger partial charge in [0.1, 0.15) is 0 Å². The molecular formula is C22H27ClN2O2S. The highest BCUT2D eigenvalue weighted by Gasteiger charge is 2.23. The average molecular weight is 419 g/mol. The molecule has 0 saturated carbocycles. The molecule has 0 radical (unpaired) electrons. The number of carbonyl (C=O) groups excluding carboxylic acids is 1. The molecule has 28 heavy (non-hydrogen) atoms. The van der Waals surface area contributed by atoms with E-state index in [1.165, 1.54) is 16.7 Å². The van der Waals surface area contributed by atoms with E-state index in [9.17, 15) is 4.79 Å². The first-order chi connectivity index (χ1) is 13.6. The third-order valence-electron chi connectivity index (χ3n) is 4.86. The lowest BCUT2D eigenvalue weighted by Gasteiger charge is -2.35. The van der Waals surface area contributed by atoms with E-state index in [0.717, 1.165) is 37.1 Å². The second kappa shape index (κ2) is 10.9. The monoisotopic (exact) mass is 418 g/mol. The molecule has 1 aliphatic heterocycles. The Morgan fingerprint density at radius 2 is 1.82 bits per heavy atom. The molecule has 1 N–H and O–H groups in total. The van der Waals surface area contributed by atoms with Crippen LogP contribution in [0.25, 0.3) is 0 Å². The van der Waals surface area contributed by atoms with E-state index < -0.39 is 0 Å². The molecule has 0 aliphatic carbocycles. The van der Waals surface area contributed by atoms with Crippen LogP contribution in [0.1, 0.15) is 22.7 Å². The summed E-state index contributed by atoms with van der Waals surface area (Å²) in [6.45, 7) is 5.85. The van der Waals surface area contributed by atoms with Crippen molar-refractivity contribution in [3.05, 3.63) is 70.2 Å². The van der Waals surface area contributed by atoms with Crippen LogP contribution in [-0.4, -0.2) is 49.4 Å². The molecule has 150 valence electrons. The smallest absolute Gasteiger partial charge is 0.230 e. The molecule has 0 bridgehead atoms. The topological polar surface area (TPSA) is 41.6 Å². The minimum atomic E-state index is 0.0735. The third kappa shape index (κ3) is 6.52. The lowest BCUT2D eigenvalue weighted by atomic mass is 10.0. The number of ether oxygens (including phenoxy) is 1. The summed E-state index contributed by atoms with van der Waals surface area (Å²) in [4.78, 5) is 14.7. The number of amides is 1. The Kier molecular flexibility index (Phi) is 8.22. The number of carbonyl (C=O) groups is 1. The van der Waals surface area contributed by atoms with Crippen molar-refractivity contribution in [3.63, 3.8) is 0 Å². The van der Waals surface area contributed by atoms with Crippen molar-refractivity contribution in [2.75, 3.05) is 38.6 Å². The van der Waals surface area contributed by atoms with Crippen molar-refractivity contribution in [1.29, 1.82) is 0 Å². The Labute approximate surface area is 176 Å². The van der Waals surface area contributed by atoms with E-state index in [1.54, 1.807) is 11.8 Å². The molecule has 2 aromatic carbocycles. The van der Waals surface area contributed by atoms with Crippen LogP contribution in [0, 0.1) is 6.92 Å². The molecule has 0 aromatic heterocycles. The molecule has 3 rings (SSSR count). The summed E-state index contributed by atoms with van der Waals surface area (Å²) in [5.41, 5.74) is 3.66. The van der Waals surface area contributed by atoms with Crippen LogP contribution in [0.2, 0.25) is 5.02 Å². The molecule has 1 amide bonds. The number of benzene rings is 2. The number of hydrogen-bond donors (Lipinski definition) is 1. The fourth-order valence-corrected chi connectivity index (χ4v) is 4.18. The van der Waals surface area contributed by atoms with Gasteiger partial charge < -0.3 is 10.1 Å². The largest absolute Gasteiger partial charge is 0.379 e. The lowest BCUT2D eigenvalue weighted by Crippen LogP contribution is -2.44. The number of aryl methyl sites for hydroxylation is 1. The Hall–Kier alpha value is -1.53. The first-order valence-corrected chi connectivity index (χ1v) is 11.1. The summed E-state index contributed by atoms with van der Waals surface area (Å²) in [5.74, 6) is 1.38. The maximum atomic E-state index is 12.4. The molecule has 2 aromatic rings. The molecule has 1 fully saturated rings. The van der Waals surface area contributed by atoms with Gasteiger partial charge in [0, 0.05) is 30.4 Å². The van der Waals surface area contributed by atoms with Crippen molar-refractivity contribution in [3.8, 4) is 0 Å². The van der Waals surface area contributed by atoms with E-state index in [2.05, 4.69) is 41.4 Å². The number of hydrogen-bond acceptors (Lipinski definition) is 4. The SMILES string of the molecule is Cc1ccc(CSCC(=O)NCC(c2ccc(Cl)cc2)N2CCOCC2)cc1. The van der Waals surface area contributed by atoms with Gasteiger partial charge >= 0.3 is 0 Å². The van der Waals surface area contributed by atoms with Crippen molar-refractivity contribution in [2.24, 2.45) is 0 Å². The van der Waals surface area contributed by atoms with Crippen LogP contribution < -0.4 is 5.32 Å². The van der Waals surface area contributed by atoms with Crippen molar-refractivity contribution in [1.82, 2.24) is 10.2 Å². The molecule has 1 atom stereocenters. The molecule has 1 unspecified atom stereocenters. The van der Waals surface area contributed by atoms with E-state index in [0.29, 0.717) is 12.3 Å². The van der Waals surface area contributed by atoms with Crippen LogP contribution in [-0.2, 0) is 15.3 Å². The summed E-state index contributed by atoms with van der Waals surface area (Å²) in [6, 6.07) is 16.5. The average Bonchev–Trinajstić information content (AvgIpc) is 2.72. The van der Waals surface area contributed by atoms with Gasteiger partial charge in [0.25, 0.3) is 0 Å². The van der Waals surface area contributed by atoms with E-state index >= 15 is 0 Å². The summed E-state index contributed by atoms with van der Waals surface area (Å²) in [7, 11) is 0. The van der Waals surface area contributed by atoms with Crippen molar-refractivity contribution < 1.29 is 9.53 Å². The van der Waals surface area contributed by atoms with Gasteiger partial charge in [-0.1, -0.05) is 53.6 Å². The predicted octanol–water partition coefficient (Wildman–Crippen LogP) is 4.07.